The van der Waals surface area contributed by atoms with Crippen LogP contribution in [0.1, 0.15) is 49.9 Å². The normalized spacial score (nSPS) is 20.0. The summed E-state index contributed by atoms with van der Waals surface area (Å²) in [4.78, 5) is 15.2. The molecule has 0 aromatic carbocycles. The summed E-state index contributed by atoms with van der Waals surface area (Å²) in [6.45, 7) is 4.67. The average molecular weight is 313 g/mol. The number of aromatic nitrogens is 1. The smallest absolute Gasteiger partial charge is 0.339 e. The number of rotatable bonds is 4. The highest BCUT2D eigenvalue weighted by Crippen LogP contribution is 2.40. The molecule has 21 heavy (non-hydrogen) atoms. The summed E-state index contributed by atoms with van der Waals surface area (Å²) in [5.74, 6) is -0.869. The van der Waals surface area contributed by atoms with Crippen molar-refractivity contribution in [3.05, 3.63) is 22.8 Å². The van der Waals surface area contributed by atoms with Crippen molar-refractivity contribution >= 4 is 23.4 Å². The zero-order valence-corrected chi connectivity index (χ0v) is 13.1. The number of carbonyl (C=O) groups is 1. The van der Waals surface area contributed by atoms with Gasteiger partial charge in [0.05, 0.1) is 5.60 Å². The van der Waals surface area contributed by atoms with Gasteiger partial charge in [-0.25, -0.2) is 9.78 Å². The van der Waals surface area contributed by atoms with Gasteiger partial charge in [0, 0.05) is 6.54 Å². The lowest BCUT2D eigenvalue weighted by Crippen LogP contribution is -2.42. The third-order valence-corrected chi connectivity index (χ3v) is 4.42. The number of carboxylic acids is 1. The quantitative estimate of drug-likeness (QED) is 0.744. The highest BCUT2D eigenvalue weighted by Gasteiger charge is 2.36. The van der Waals surface area contributed by atoms with Gasteiger partial charge in [0.25, 0.3) is 0 Å². The first-order valence-corrected chi connectivity index (χ1v) is 7.45. The van der Waals surface area contributed by atoms with E-state index in [9.17, 15) is 9.90 Å². The molecule has 1 saturated carbocycles. The van der Waals surface area contributed by atoms with Gasteiger partial charge < -0.3 is 15.5 Å². The molecule has 116 valence electrons. The van der Waals surface area contributed by atoms with Crippen molar-refractivity contribution in [2.24, 2.45) is 5.41 Å². The van der Waals surface area contributed by atoms with E-state index >= 15 is 0 Å². The summed E-state index contributed by atoms with van der Waals surface area (Å²) in [5.41, 5.74) is -0.513. The molecular formula is C15H21ClN2O3. The van der Waals surface area contributed by atoms with Crippen LogP contribution in [0.3, 0.4) is 0 Å². The Kier molecular flexibility index (Phi) is 4.44. The van der Waals surface area contributed by atoms with E-state index in [-0.39, 0.29) is 28.5 Å². The van der Waals surface area contributed by atoms with Crippen LogP contribution in [-0.4, -0.2) is 33.3 Å². The van der Waals surface area contributed by atoms with E-state index < -0.39 is 11.6 Å². The van der Waals surface area contributed by atoms with E-state index in [1.807, 2.05) is 0 Å². The molecular weight excluding hydrogens is 292 g/mol. The third-order valence-electron chi connectivity index (χ3n) is 4.21. The fourth-order valence-electron chi connectivity index (χ4n) is 2.56. The first-order chi connectivity index (χ1) is 9.71. The molecule has 0 bridgehead atoms. The van der Waals surface area contributed by atoms with E-state index in [2.05, 4.69) is 24.1 Å². The SMILES string of the molecule is CC1(C)CCC(O)(CNc2nc(Cl)ccc2C(=O)O)CC1. The van der Waals surface area contributed by atoms with Gasteiger partial charge in [-0.3, -0.25) is 0 Å². The van der Waals surface area contributed by atoms with Crippen LogP contribution in [0.2, 0.25) is 5.15 Å². The molecule has 1 fully saturated rings. The summed E-state index contributed by atoms with van der Waals surface area (Å²) in [6, 6.07) is 2.85. The van der Waals surface area contributed by atoms with Gasteiger partial charge in [0.2, 0.25) is 0 Å². The molecule has 0 atom stereocenters. The Balaban J connectivity index is 2.06. The van der Waals surface area contributed by atoms with Crippen LogP contribution < -0.4 is 5.32 Å². The van der Waals surface area contributed by atoms with Crippen LogP contribution in [0, 0.1) is 5.41 Å². The zero-order chi connectivity index (χ0) is 15.7. The summed E-state index contributed by atoms with van der Waals surface area (Å²) >= 11 is 5.81. The van der Waals surface area contributed by atoms with Crippen molar-refractivity contribution in [2.45, 2.75) is 45.1 Å². The average Bonchev–Trinajstić information content (AvgIpc) is 2.40. The number of aliphatic hydroxyl groups is 1. The molecule has 6 heteroatoms. The van der Waals surface area contributed by atoms with Crippen molar-refractivity contribution in [3.8, 4) is 0 Å². The van der Waals surface area contributed by atoms with Gasteiger partial charge in [0.15, 0.2) is 0 Å². The molecule has 0 unspecified atom stereocenters. The van der Waals surface area contributed by atoms with Crippen molar-refractivity contribution in [1.82, 2.24) is 4.98 Å². The topological polar surface area (TPSA) is 82.5 Å². The fourth-order valence-corrected chi connectivity index (χ4v) is 2.71. The lowest BCUT2D eigenvalue weighted by molar-refractivity contribution is -0.0146. The molecule has 0 radical (unpaired) electrons. The first kappa shape index (κ1) is 16.0. The standard InChI is InChI=1S/C15H21ClN2O3/c1-14(2)5-7-15(21,8-6-14)9-17-12-10(13(19)20)3-4-11(16)18-12/h3-4,21H,5-9H2,1-2H3,(H,17,18)(H,19,20). The first-order valence-electron chi connectivity index (χ1n) is 7.07. The van der Waals surface area contributed by atoms with Crippen LogP contribution in [0.15, 0.2) is 12.1 Å². The van der Waals surface area contributed by atoms with Gasteiger partial charge in [0.1, 0.15) is 16.5 Å². The van der Waals surface area contributed by atoms with E-state index in [0.29, 0.717) is 12.8 Å². The number of hydrogen-bond acceptors (Lipinski definition) is 4. The molecule has 0 spiro atoms. The minimum atomic E-state index is -1.07. The van der Waals surface area contributed by atoms with Gasteiger partial charge >= 0.3 is 5.97 Å². The maximum Gasteiger partial charge on any atom is 0.339 e. The van der Waals surface area contributed by atoms with E-state index in [1.165, 1.54) is 12.1 Å². The van der Waals surface area contributed by atoms with E-state index in [0.717, 1.165) is 12.8 Å². The minimum Gasteiger partial charge on any atom is -0.478 e. The zero-order valence-electron chi connectivity index (χ0n) is 12.3. The minimum absolute atomic E-state index is 0.0548. The van der Waals surface area contributed by atoms with Crippen molar-refractivity contribution < 1.29 is 15.0 Å². The molecule has 0 aliphatic heterocycles. The highest BCUT2D eigenvalue weighted by atomic mass is 35.5. The predicted octanol–water partition coefficient (Wildman–Crippen LogP) is 3.18. The highest BCUT2D eigenvalue weighted by molar-refractivity contribution is 6.29. The molecule has 1 aromatic heterocycles. The number of carboxylic acid groups (broad SMARTS) is 1. The van der Waals surface area contributed by atoms with Crippen LogP contribution in [0.25, 0.3) is 0 Å². The Labute approximate surface area is 129 Å². The monoisotopic (exact) mass is 312 g/mol. The Morgan fingerprint density at radius 2 is 1.95 bits per heavy atom. The number of anilines is 1. The third kappa shape index (κ3) is 4.08. The number of nitrogens with one attached hydrogen (secondary N) is 1. The van der Waals surface area contributed by atoms with Gasteiger partial charge in [-0.15, -0.1) is 0 Å². The second-order valence-electron chi connectivity index (χ2n) is 6.58. The number of hydrogen-bond donors (Lipinski definition) is 3. The molecule has 0 amide bonds. The number of aromatic carboxylic acids is 1. The van der Waals surface area contributed by atoms with Crippen molar-refractivity contribution in [1.29, 1.82) is 0 Å². The predicted molar refractivity (Wildman–Crippen MR) is 81.9 cm³/mol. The number of pyridine rings is 1. The van der Waals surface area contributed by atoms with Gasteiger partial charge in [-0.1, -0.05) is 25.4 Å². The fraction of sp³-hybridized carbons (Fsp3) is 0.600. The summed E-state index contributed by atoms with van der Waals surface area (Å²) < 4.78 is 0. The van der Waals surface area contributed by atoms with Gasteiger partial charge in [-0.05, 0) is 43.2 Å². The van der Waals surface area contributed by atoms with E-state index in [1.54, 1.807) is 0 Å². The van der Waals surface area contributed by atoms with E-state index in [4.69, 9.17) is 16.7 Å². The van der Waals surface area contributed by atoms with Gasteiger partial charge in [-0.2, -0.15) is 0 Å². The van der Waals surface area contributed by atoms with Crippen molar-refractivity contribution in [3.63, 3.8) is 0 Å². The molecule has 1 heterocycles. The Hall–Kier alpha value is -1.33. The summed E-state index contributed by atoms with van der Waals surface area (Å²) in [5, 5.41) is 22.9. The van der Waals surface area contributed by atoms with Crippen LogP contribution >= 0.6 is 11.6 Å². The Morgan fingerprint density at radius 3 is 2.52 bits per heavy atom. The maximum atomic E-state index is 11.2. The summed E-state index contributed by atoms with van der Waals surface area (Å²) in [7, 11) is 0. The van der Waals surface area contributed by atoms with Crippen LogP contribution in [0.5, 0.6) is 0 Å². The van der Waals surface area contributed by atoms with Crippen molar-refractivity contribution in [2.75, 3.05) is 11.9 Å². The lowest BCUT2D eigenvalue weighted by Gasteiger charge is -2.40. The number of nitrogens with zero attached hydrogens (tertiary/aromatic N) is 1. The maximum absolute atomic E-state index is 11.2. The second kappa shape index (κ2) is 5.81. The second-order valence-corrected chi connectivity index (χ2v) is 6.96. The van der Waals surface area contributed by atoms with Crippen LogP contribution in [-0.2, 0) is 0 Å². The lowest BCUT2D eigenvalue weighted by atomic mass is 9.71. The summed E-state index contributed by atoms with van der Waals surface area (Å²) in [6.07, 6.45) is 3.27. The molecule has 1 aromatic rings. The van der Waals surface area contributed by atoms with Crippen LogP contribution in [0.4, 0.5) is 5.82 Å². The molecule has 5 nitrogen and oxygen atoms in total. The number of halogens is 1. The molecule has 0 saturated heterocycles. The molecule has 3 N–H and O–H groups in total. The largest absolute Gasteiger partial charge is 0.478 e. The molecule has 2 rings (SSSR count). The molecule has 1 aliphatic rings. The Bertz CT molecular complexity index is 536. The molecule has 1 aliphatic carbocycles. The Morgan fingerprint density at radius 1 is 1.33 bits per heavy atom.